The van der Waals surface area contributed by atoms with E-state index >= 15 is 0 Å². The Labute approximate surface area is 143 Å². The molecule has 1 rings (SSSR count). The first-order chi connectivity index (χ1) is 11.1. The first kappa shape index (κ1) is 20.9. The summed E-state index contributed by atoms with van der Waals surface area (Å²) in [6, 6.07) is 0. The summed E-state index contributed by atoms with van der Waals surface area (Å²) < 4.78 is 23.0. The number of rotatable bonds is 12. The van der Waals surface area contributed by atoms with Gasteiger partial charge in [-0.25, -0.2) is 0 Å². The number of hydrogen-bond donors (Lipinski definition) is 0. The predicted molar refractivity (Wildman–Crippen MR) is 93.2 cm³/mol. The van der Waals surface area contributed by atoms with Gasteiger partial charge in [-0.15, -0.1) is 0 Å². The SMILES string of the molecule is CCOC(C)OCC1C(CC)CC(CC)C1COC(C)OCC. The van der Waals surface area contributed by atoms with Crippen LogP contribution in [0.15, 0.2) is 0 Å². The first-order valence-corrected chi connectivity index (χ1v) is 9.53. The summed E-state index contributed by atoms with van der Waals surface area (Å²) in [6.07, 6.45) is 3.47. The van der Waals surface area contributed by atoms with Crippen LogP contribution >= 0.6 is 0 Å². The summed E-state index contributed by atoms with van der Waals surface area (Å²) in [7, 11) is 0. The van der Waals surface area contributed by atoms with E-state index in [0.717, 1.165) is 25.0 Å². The van der Waals surface area contributed by atoms with Gasteiger partial charge in [-0.2, -0.15) is 0 Å². The van der Waals surface area contributed by atoms with E-state index in [1.54, 1.807) is 0 Å². The zero-order chi connectivity index (χ0) is 17.2. The van der Waals surface area contributed by atoms with Crippen molar-refractivity contribution in [3.63, 3.8) is 0 Å². The molecule has 1 aliphatic rings. The average Bonchev–Trinajstić information content (AvgIpc) is 2.88. The minimum absolute atomic E-state index is 0.123. The lowest BCUT2D eigenvalue weighted by Gasteiger charge is -2.28. The maximum Gasteiger partial charge on any atom is 0.154 e. The molecule has 0 bridgehead atoms. The zero-order valence-electron chi connectivity index (χ0n) is 16.0. The summed E-state index contributed by atoms with van der Waals surface area (Å²) in [6.45, 7) is 15.5. The third-order valence-corrected chi connectivity index (χ3v) is 5.26. The highest BCUT2D eigenvalue weighted by atomic mass is 16.7. The molecule has 0 N–H and O–H groups in total. The molecule has 6 atom stereocenters. The molecule has 0 radical (unpaired) electrons. The number of hydrogen-bond acceptors (Lipinski definition) is 4. The monoisotopic (exact) mass is 330 g/mol. The highest BCUT2D eigenvalue weighted by Crippen LogP contribution is 2.45. The first-order valence-electron chi connectivity index (χ1n) is 9.53. The largest absolute Gasteiger partial charge is 0.353 e. The number of ether oxygens (including phenoxy) is 4. The Balaban J connectivity index is 2.62. The average molecular weight is 331 g/mol. The Morgan fingerprint density at radius 1 is 0.696 bits per heavy atom. The standard InChI is InChI=1S/C19H38O4/c1-7-16-11-17(8-2)19(13-23-15(6)21-10-4)18(16)12-22-14(5)20-9-3/h14-19H,7-13H2,1-6H3. The second-order valence-corrected chi connectivity index (χ2v) is 6.61. The summed E-state index contributed by atoms with van der Waals surface area (Å²) >= 11 is 0. The van der Waals surface area contributed by atoms with E-state index in [2.05, 4.69) is 13.8 Å². The Morgan fingerprint density at radius 3 is 1.39 bits per heavy atom. The van der Waals surface area contributed by atoms with E-state index in [1.807, 2.05) is 27.7 Å². The van der Waals surface area contributed by atoms with Crippen molar-refractivity contribution in [2.75, 3.05) is 26.4 Å². The molecule has 0 spiro atoms. The molecule has 0 aliphatic heterocycles. The highest BCUT2D eigenvalue weighted by molar-refractivity contribution is 4.90. The fraction of sp³-hybridized carbons (Fsp3) is 1.00. The molecular weight excluding hydrogens is 292 g/mol. The third kappa shape index (κ3) is 6.69. The van der Waals surface area contributed by atoms with Crippen molar-refractivity contribution in [2.24, 2.45) is 23.7 Å². The molecule has 4 heteroatoms. The maximum absolute atomic E-state index is 5.97. The van der Waals surface area contributed by atoms with E-state index in [4.69, 9.17) is 18.9 Å². The van der Waals surface area contributed by atoms with Gasteiger partial charge < -0.3 is 18.9 Å². The van der Waals surface area contributed by atoms with Crippen LogP contribution in [-0.4, -0.2) is 39.0 Å². The van der Waals surface area contributed by atoms with Crippen molar-refractivity contribution in [1.29, 1.82) is 0 Å². The molecule has 0 aromatic rings. The van der Waals surface area contributed by atoms with Crippen LogP contribution in [-0.2, 0) is 18.9 Å². The van der Waals surface area contributed by atoms with Gasteiger partial charge in [0.05, 0.1) is 13.2 Å². The van der Waals surface area contributed by atoms with Crippen LogP contribution in [0.25, 0.3) is 0 Å². The van der Waals surface area contributed by atoms with Crippen molar-refractivity contribution in [2.45, 2.75) is 73.4 Å². The molecule has 138 valence electrons. The lowest BCUT2D eigenvalue weighted by Crippen LogP contribution is -2.30. The lowest BCUT2D eigenvalue weighted by atomic mass is 9.86. The molecule has 6 unspecified atom stereocenters. The van der Waals surface area contributed by atoms with Crippen molar-refractivity contribution >= 4 is 0 Å². The quantitative estimate of drug-likeness (QED) is 0.495. The maximum atomic E-state index is 5.97. The van der Waals surface area contributed by atoms with E-state index < -0.39 is 0 Å². The molecule has 0 amide bonds. The molecule has 4 nitrogen and oxygen atoms in total. The fourth-order valence-corrected chi connectivity index (χ4v) is 3.95. The molecule has 0 heterocycles. The van der Waals surface area contributed by atoms with E-state index in [1.165, 1.54) is 19.3 Å². The fourth-order valence-electron chi connectivity index (χ4n) is 3.95. The molecule has 0 saturated heterocycles. The molecular formula is C19H38O4. The van der Waals surface area contributed by atoms with Gasteiger partial charge in [0.25, 0.3) is 0 Å². The van der Waals surface area contributed by atoms with Crippen molar-refractivity contribution in [3.05, 3.63) is 0 Å². The Kier molecular flexibility index (Phi) is 10.4. The normalized spacial score (nSPS) is 30.5. The third-order valence-electron chi connectivity index (χ3n) is 5.26. The van der Waals surface area contributed by atoms with Crippen LogP contribution in [0.5, 0.6) is 0 Å². The van der Waals surface area contributed by atoms with Gasteiger partial charge in [0, 0.05) is 13.2 Å². The van der Waals surface area contributed by atoms with Gasteiger partial charge in [-0.3, -0.25) is 0 Å². The van der Waals surface area contributed by atoms with Crippen LogP contribution in [0.1, 0.15) is 60.8 Å². The van der Waals surface area contributed by atoms with E-state index in [-0.39, 0.29) is 12.6 Å². The second-order valence-electron chi connectivity index (χ2n) is 6.61. The van der Waals surface area contributed by atoms with Gasteiger partial charge >= 0.3 is 0 Å². The van der Waals surface area contributed by atoms with E-state index in [0.29, 0.717) is 25.0 Å². The lowest BCUT2D eigenvalue weighted by molar-refractivity contribution is -0.157. The predicted octanol–water partition coefficient (Wildman–Crippen LogP) is 4.47. The Bertz CT molecular complexity index is 269. The van der Waals surface area contributed by atoms with Crippen LogP contribution in [0.4, 0.5) is 0 Å². The summed E-state index contributed by atoms with van der Waals surface area (Å²) in [5.74, 6) is 2.57. The smallest absolute Gasteiger partial charge is 0.154 e. The van der Waals surface area contributed by atoms with Crippen LogP contribution in [0.3, 0.4) is 0 Å². The van der Waals surface area contributed by atoms with Crippen molar-refractivity contribution < 1.29 is 18.9 Å². The van der Waals surface area contributed by atoms with Gasteiger partial charge in [-0.1, -0.05) is 26.7 Å². The van der Waals surface area contributed by atoms with Crippen LogP contribution in [0, 0.1) is 23.7 Å². The Hall–Kier alpha value is -0.160. The molecule has 1 saturated carbocycles. The highest BCUT2D eigenvalue weighted by Gasteiger charge is 2.41. The van der Waals surface area contributed by atoms with E-state index in [9.17, 15) is 0 Å². The van der Waals surface area contributed by atoms with Gasteiger partial charge in [0.15, 0.2) is 12.6 Å². The molecule has 0 aromatic heterocycles. The summed E-state index contributed by atoms with van der Waals surface area (Å²) in [5, 5.41) is 0. The Morgan fingerprint density at radius 2 is 1.09 bits per heavy atom. The van der Waals surface area contributed by atoms with Gasteiger partial charge in [0.2, 0.25) is 0 Å². The second kappa shape index (κ2) is 11.4. The zero-order valence-corrected chi connectivity index (χ0v) is 16.0. The van der Waals surface area contributed by atoms with Gasteiger partial charge in [0.1, 0.15) is 0 Å². The molecule has 1 aliphatic carbocycles. The summed E-state index contributed by atoms with van der Waals surface area (Å²) in [4.78, 5) is 0. The van der Waals surface area contributed by atoms with Gasteiger partial charge in [-0.05, 0) is 57.8 Å². The van der Waals surface area contributed by atoms with Crippen molar-refractivity contribution in [1.82, 2.24) is 0 Å². The topological polar surface area (TPSA) is 36.9 Å². The van der Waals surface area contributed by atoms with Crippen LogP contribution < -0.4 is 0 Å². The van der Waals surface area contributed by atoms with Crippen molar-refractivity contribution in [3.8, 4) is 0 Å². The van der Waals surface area contributed by atoms with Crippen LogP contribution in [0.2, 0.25) is 0 Å². The molecule has 23 heavy (non-hydrogen) atoms. The molecule has 1 fully saturated rings. The minimum atomic E-state index is -0.123. The minimum Gasteiger partial charge on any atom is -0.353 e. The summed E-state index contributed by atoms with van der Waals surface area (Å²) in [5.41, 5.74) is 0. The molecule has 0 aromatic carbocycles.